The first-order valence-electron chi connectivity index (χ1n) is 9.57. The van der Waals surface area contributed by atoms with Gasteiger partial charge in [0, 0.05) is 30.9 Å². The second-order valence-electron chi connectivity index (χ2n) is 7.31. The fourth-order valence-electron chi connectivity index (χ4n) is 3.52. The van der Waals surface area contributed by atoms with Crippen LogP contribution in [0.5, 0.6) is 0 Å². The van der Waals surface area contributed by atoms with Crippen molar-refractivity contribution >= 4 is 28.5 Å². The van der Waals surface area contributed by atoms with Crippen LogP contribution >= 0.6 is 0 Å². The van der Waals surface area contributed by atoms with E-state index in [1.54, 1.807) is 12.1 Å². The molecule has 0 aliphatic carbocycles. The van der Waals surface area contributed by atoms with Crippen LogP contribution in [0.3, 0.4) is 0 Å². The number of anilines is 3. The minimum absolute atomic E-state index is 0.256. The van der Waals surface area contributed by atoms with Gasteiger partial charge in [0.15, 0.2) is 5.65 Å². The van der Waals surface area contributed by atoms with E-state index in [0.717, 1.165) is 34.8 Å². The lowest BCUT2D eigenvalue weighted by Gasteiger charge is -2.27. The van der Waals surface area contributed by atoms with Gasteiger partial charge in [0.05, 0.1) is 5.69 Å². The second kappa shape index (κ2) is 7.43. The number of rotatable bonds is 5. The number of hydrogen-bond acceptors (Lipinski definition) is 6. The van der Waals surface area contributed by atoms with E-state index in [4.69, 9.17) is 16.5 Å². The average molecular weight is 387 g/mol. The molecule has 7 nitrogen and oxygen atoms in total. The highest BCUT2D eigenvalue weighted by atomic mass is 15.2. The standard InChI is InChI=1S/C22H25N7/c1-14(28(3)17-7-5-4-6-8-17)13-29-15(2)25-19-10-9-18(26-22(19)29)16-11-20(23)27-21(24)12-16/h4-12,14H,13H2,1-3H3,(H4,23,24,27)/t14-/m1/s1. The van der Waals surface area contributed by atoms with Gasteiger partial charge in [0.2, 0.25) is 0 Å². The maximum Gasteiger partial charge on any atom is 0.160 e. The summed E-state index contributed by atoms with van der Waals surface area (Å²) >= 11 is 0. The molecule has 1 aromatic carbocycles. The lowest BCUT2D eigenvalue weighted by Crippen LogP contribution is -2.33. The lowest BCUT2D eigenvalue weighted by molar-refractivity contribution is 0.561. The highest BCUT2D eigenvalue weighted by molar-refractivity contribution is 5.77. The van der Waals surface area contributed by atoms with Crippen molar-refractivity contribution in [1.82, 2.24) is 19.5 Å². The van der Waals surface area contributed by atoms with Crippen LogP contribution in [0, 0.1) is 6.92 Å². The molecule has 4 aromatic rings. The molecule has 0 amide bonds. The molecule has 0 bridgehead atoms. The molecule has 3 heterocycles. The summed E-state index contributed by atoms with van der Waals surface area (Å²) in [6.45, 7) is 4.98. The molecular formula is C22H25N7. The van der Waals surface area contributed by atoms with Crippen molar-refractivity contribution < 1.29 is 0 Å². The Morgan fingerprint density at radius 1 is 0.966 bits per heavy atom. The topological polar surface area (TPSA) is 98.9 Å². The van der Waals surface area contributed by atoms with Crippen molar-refractivity contribution in [2.45, 2.75) is 26.4 Å². The van der Waals surface area contributed by atoms with E-state index in [-0.39, 0.29) is 6.04 Å². The fourth-order valence-corrected chi connectivity index (χ4v) is 3.52. The predicted octanol–water partition coefficient (Wildman–Crippen LogP) is 3.49. The largest absolute Gasteiger partial charge is 0.384 e. The van der Waals surface area contributed by atoms with Crippen molar-refractivity contribution in [2.75, 3.05) is 23.4 Å². The van der Waals surface area contributed by atoms with Gasteiger partial charge in [-0.1, -0.05) is 18.2 Å². The van der Waals surface area contributed by atoms with Gasteiger partial charge in [-0.25, -0.2) is 15.0 Å². The summed E-state index contributed by atoms with van der Waals surface area (Å²) in [7, 11) is 2.11. The van der Waals surface area contributed by atoms with Crippen LogP contribution in [-0.4, -0.2) is 32.6 Å². The zero-order chi connectivity index (χ0) is 20.5. The molecule has 3 aromatic heterocycles. The molecule has 0 unspecified atom stereocenters. The molecule has 0 saturated carbocycles. The number of aryl methyl sites for hydroxylation is 1. The Kier molecular flexibility index (Phi) is 4.80. The van der Waals surface area contributed by atoms with Gasteiger partial charge in [-0.3, -0.25) is 0 Å². The number of nitrogen functional groups attached to an aromatic ring is 2. The van der Waals surface area contributed by atoms with Crippen LogP contribution in [0.25, 0.3) is 22.4 Å². The third-order valence-corrected chi connectivity index (χ3v) is 5.22. The summed E-state index contributed by atoms with van der Waals surface area (Å²) in [4.78, 5) is 15.9. The zero-order valence-corrected chi connectivity index (χ0v) is 16.9. The van der Waals surface area contributed by atoms with Crippen LogP contribution in [0.2, 0.25) is 0 Å². The van der Waals surface area contributed by atoms with Crippen LogP contribution < -0.4 is 16.4 Å². The Balaban J connectivity index is 1.70. The first-order chi connectivity index (χ1) is 13.9. The molecule has 4 rings (SSSR count). The Labute approximate surface area is 170 Å². The van der Waals surface area contributed by atoms with Crippen molar-refractivity contribution in [3.05, 3.63) is 60.4 Å². The van der Waals surface area contributed by atoms with Crippen LogP contribution in [0.1, 0.15) is 12.7 Å². The molecule has 0 fully saturated rings. The summed E-state index contributed by atoms with van der Waals surface area (Å²) in [6, 6.07) is 18.1. The number of imidazole rings is 1. The smallest absolute Gasteiger partial charge is 0.160 e. The van der Waals surface area contributed by atoms with Gasteiger partial charge in [-0.15, -0.1) is 0 Å². The third-order valence-electron chi connectivity index (χ3n) is 5.22. The normalized spacial score (nSPS) is 12.2. The highest BCUT2D eigenvalue weighted by Crippen LogP contribution is 2.25. The summed E-state index contributed by atoms with van der Waals surface area (Å²) < 4.78 is 2.16. The van der Waals surface area contributed by atoms with Crippen LogP contribution in [0.4, 0.5) is 17.3 Å². The van der Waals surface area contributed by atoms with Gasteiger partial charge < -0.3 is 20.9 Å². The number of aromatic nitrogens is 4. The molecule has 1 atom stereocenters. The maximum atomic E-state index is 5.86. The second-order valence-corrected chi connectivity index (χ2v) is 7.31. The number of benzene rings is 1. The molecule has 0 aliphatic rings. The van der Waals surface area contributed by atoms with Crippen molar-refractivity contribution in [3.8, 4) is 11.3 Å². The Morgan fingerprint density at radius 3 is 2.34 bits per heavy atom. The molecule has 148 valence electrons. The van der Waals surface area contributed by atoms with E-state index in [2.05, 4.69) is 57.7 Å². The molecule has 0 aliphatic heterocycles. The van der Waals surface area contributed by atoms with E-state index < -0.39 is 0 Å². The van der Waals surface area contributed by atoms with E-state index in [1.807, 2.05) is 25.1 Å². The highest BCUT2D eigenvalue weighted by Gasteiger charge is 2.16. The molecule has 29 heavy (non-hydrogen) atoms. The van der Waals surface area contributed by atoms with E-state index in [9.17, 15) is 0 Å². The van der Waals surface area contributed by atoms with E-state index in [0.29, 0.717) is 11.6 Å². The number of nitrogens with zero attached hydrogens (tertiary/aromatic N) is 5. The minimum Gasteiger partial charge on any atom is -0.384 e. The van der Waals surface area contributed by atoms with Crippen molar-refractivity contribution in [2.24, 2.45) is 0 Å². The monoisotopic (exact) mass is 387 g/mol. The first-order valence-corrected chi connectivity index (χ1v) is 9.57. The number of nitrogens with two attached hydrogens (primary N) is 2. The fraction of sp³-hybridized carbons (Fsp3) is 0.227. The summed E-state index contributed by atoms with van der Waals surface area (Å²) in [5, 5.41) is 0. The summed E-state index contributed by atoms with van der Waals surface area (Å²) in [5.41, 5.74) is 16.3. The molecule has 0 spiro atoms. The quantitative estimate of drug-likeness (QED) is 0.544. The number of hydrogen-bond donors (Lipinski definition) is 2. The van der Waals surface area contributed by atoms with Crippen molar-refractivity contribution in [3.63, 3.8) is 0 Å². The van der Waals surface area contributed by atoms with Gasteiger partial charge in [-0.05, 0) is 50.2 Å². The summed E-state index contributed by atoms with van der Waals surface area (Å²) in [6.07, 6.45) is 0. The van der Waals surface area contributed by atoms with Crippen LogP contribution in [0.15, 0.2) is 54.6 Å². The number of pyridine rings is 2. The number of para-hydroxylation sites is 1. The van der Waals surface area contributed by atoms with E-state index >= 15 is 0 Å². The van der Waals surface area contributed by atoms with E-state index in [1.165, 1.54) is 5.69 Å². The van der Waals surface area contributed by atoms with Crippen LogP contribution in [-0.2, 0) is 6.54 Å². The van der Waals surface area contributed by atoms with Gasteiger partial charge in [0.1, 0.15) is 23.0 Å². The Morgan fingerprint density at radius 2 is 1.66 bits per heavy atom. The average Bonchev–Trinajstić information content (AvgIpc) is 3.01. The number of fused-ring (bicyclic) bond motifs is 1. The van der Waals surface area contributed by atoms with Gasteiger partial charge in [-0.2, -0.15) is 0 Å². The molecule has 4 N–H and O–H groups in total. The summed E-state index contributed by atoms with van der Waals surface area (Å²) in [5.74, 6) is 1.70. The van der Waals surface area contributed by atoms with Gasteiger partial charge >= 0.3 is 0 Å². The minimum atomic E-state index is 0.256. The first kappa shape index (κ1) is 18.7. The molecular weight excluding hydrogens is 362 g/mol. The maximum absolute atomic E-state index is 5.86. The third kappa shape index (κ3) is 3.71. The predicted molar refractivity (Wildman–Crippen MR) is 119 cm³/mol. The lowest BCUT2D eigenvalue weighted by atomic mass is 10.1. The SMILES string of the molecule is Cc1nc2ccc(-c3cc(N)nc(N)c3)nc2n1C[C@@H](C)N(C)c1ccccc1. The zero-order valence-electron chi connectivity index (χ0n) is 16.9. The number of likely N-dealkylation sites (N-methyl/N-ethyl adjacent to an activating group) is 1. The molecule has 0 radical (unpaired) electrons. The van der Waals surface area contributed by atoms with Crippen molar-refractivity contribution in [1.29, 1.82) is 0 Å². The molecule has 0 saturated heterocycles. The molecule has 7 heteroatoms. The Hall–Kier alpha value is -3.61. The van der Waals surface area contributed by atoms with Gasteiger partial charge in [0.25, 0.3) is 0 Å². The Bertz CT molecular complexity index is 1130.